The number of hydrogen-bond acceptors (Lipinski definition) is 3. The number of ether oxygens (including phenoxy) is 1. The molecule has 6 nitrogen and oxygen atoms in total. The molecular weight excluding hydrogens is 224 g/mol. The van der Waals surface area contributed by atoms with E-state index in [2.05, 4.69) is 5.32 Å². The average molecular weight is 244 g/mol. The molecule has 1 aliphatic heterocycles. The minimum atomic E-state index is -0.932. The monoisotopic (exact) mass is 244 g/mol. The maximum atomic E-state index is 11.8. The fourth-order valence-corrected chi connectivity index (χ4v) is 1.98. The Morgan fingerprint density at radius 3 is 2.82 bits per heavy atom. The zero-order valence-corrected chi connectivity index (χ0v) is 10.3. The largest absolute Gasteiger partial charge is 0.480 e. The van der Waals surface area contributed by atoms with Crippen molar-refractivity contribution in [3.8, 4) is 0 Å². The van der Waals surface area contributed by atoms with E-state index in [-0.39, 0.29) is 6.03 Å². The van der Waals surface area contributed by atoms with E-state index < -0.39 is 12.0 Å². The summed E-state index contributed by atoms with van der Waals surface area (Å²) in [4.78, 5) is 24.3. The van der Waals surface area contributed by atoms with Gasteiger partial charge in [0.05, 0.1) is 6.61 Å². The molecule has 1 fully saturated rings. The lowest BCUT2D eigenvalue weighted by molar-refractivity contribution is -0.143. The predicted molar refractivity (Wildman–Crippen MR) is 61.8 cm³/mol. The first-order valence-corrected chi connectivity index (χ1v) is 5.82. The summed E-state index contributed by atoms with van der Waals surface area (Å²) < 4.78 is 4.82. The number of nitrogens with one attached hydrogen (secondary N) is 1. The fourth-order valence-electron chi connectivity index (χ4n) is 1.98. The van der Waals surface area contributed by atoms with Crippen LogP contribution in [0.25, 0.3) is 0 Å². The van der Waals surface area contributed by atoms with Crippen molar-refractivity contribution < 1.29 is 19.4 Å². The molecule has 0 aromatic rings. The van der Waals surface area contributed by atoms with Gasteiger partial charge in [-0.1, -0.05) is 6.92 Å². The van der Waals surface area contributed by atoms with Crippen LogP contribution in [0.2, 0.25) is 0 Å². The molecule has 0 bridgehead atoms. The number of aliphatic carboxylic acids is 1. The first-order valence-electron chi connectivity index (χ1n) is 5.82. The van der Waals surface area contributed by atoms with E-state index in [0.717, 1.165) is 6.42 Å². The normalized spacial score (nSPS) is 24.5. The Kier molecular flexibility index (Phi) is 5.21. The summed E-state index contributed by atoms with van der Waals surface area (Å²) >= 11 is 0. The Hall–Kier alpha value is -1.30. The average Bonchev–Trinajstić information content (AvgIpc) is 2.29. The highest BCUT2D eigenvalue weighted by molar-refractivity contribution is 5.82. The molecule has 1 heterocycles. The molecule has 1 saturated heterocycles. The number of amides is 2. The summed E-state index contributed by atoms with van der Waals surface area (Å²) in [5.41, 5.74) is 0. The van der Waals surface area contributed by atoms with Gasteiger partial charge in [-0.3, -0.25) is 0 Å². The second-order valence-electron chi connectivity index (χ2n) is 4.40. The van der Waals surface area contributed by atoms with Crippen molar-refractivity contribution in [1.82, 2.24) is 10.2 Å². The molecule has 2 atom stereocenters. The Morgan fingerprint density at radius 2 is 2.24 bits per heavy atom. The number of hydrogen-bond donors (Lipinski definition) is 2. The Balaban J connectivity index is 2.54. The van der Waals surface area contributed by atoms with E-state index in [9.17, 15) is 9.59 Å². The number of likely N-dealkylation sites (tertiary alicyclic amines) is 1. The molecule has 0 spiro atoms. The topological polar surface area (TPSA) is 78.9 Å². The van der Waals surface area contributed by atoms with E-state index in [1.165, 1.54) is 4.90 Å². The molecule has 1 aliphatic rings. The van der Waals surface area contributed by atoms with Crippen molar-refractivity contribution >= 4 is 12.0 Å². The van der Waals surface area contributed by atoms with Crippen molar-refractivity contribution in [3.63, 3.8) is 0 Å². The summed E-state index contributed by atoms with van der Waals surface area (Å²) in [5.74, 6) is -0.586. The van der Waals surface area contributed by atoms with Crippen LogP contribution in [0, 0.1) is 5.92 Å². The lowest BCUT2D eigenvalue weighted by Crippen LogP contribution is -2.53. The standard InChI is InChI=1S/C11H20N2O4/c1-8-3-5-13(9(7-8)10(14)15)11(16)12-4-6-17-2/h8-9H,3-7H2,1-2H3,(H,12,16)(H,14,15). The molecule has 1 rings (SSSR count). The van der Waals surface area contributed by atoms with E-state index in [0.29, 0.717) is 32.0 Å². The van der Waals surface area contributed by atoms with E-state index in [1.54, 1.807) is 7.11 Å². The van der Waals surface area contributed by atoms with Crippen molar-refractivity contribution in [3.05, 3.63) is 0 Å². The summed E-state index contributed by atoms with van der Waals surface area (Å²) in [7, 11) is 1.55. The van der Waals surface area contributed by atoms with Crippen LogP contribution < -0.4 is 5.32 Å². The van der Waals surface area contributed by atoms with Gasteiger partial charge in [-0.25, -0.2) is 9.59 Å². The zero-order valence-electron chi connectivity index (χ0n) is 10.3. The van der Waals surface area contributed by atoms with Gasteiger partial charge in [-0.15, -0.1) is 0 Å². The van der Waals surface area contributed by atoms with E-state index in [1.807, 2.05) is 6.92 Å². The van der Waals surface area contributed by atoms with Gasteiger partial charge in [-0.2, -0.15) is 0 Å². The molecule has 0 aromatic carbocycles. The number of urea groups is 1. The molecule has 2 amide bonds. The number of carboxylic acids is 1. The Morgan fingerprint density at radius 1 is 1.53 bits per heavy atom. The van der Waals surface area contributed by atoms with Crippen LogP contribution in [0.5, 0.6) is 0 Å². The lowest BCUT2D eigenvalue weighted by Gasteiger charge is -2.35. The van der Waals surface area contributed by atoms with Crippen LogP contribution >= 0.6 is 0 Å². The zero-order chi connectivity index (χ0) is 12.8. The van der Waals surface area contributed by atoms with Gasteiger partial charge in [0.25, 0.3) is 0 Å². The summed E-state index contributed by atoms with van der Waals surface area (Å²) in [6.07, 6.45) is 1.37. The molecule has 2 N–H and O–H groups in total. The molecule has 0 radical (unpaired) electrons. The molecule has 2 unspecified atom stereocenters. The number of rotatable bonds is 4. The third kappa shape index (κ3) is 3.89. The summed E-state index contributed by atoms with van der Waals surface area (Å²) in [6.45, 7) is 3.33. The molecule has 0 aliphatic carbocycles. The molecule has 17 heavy (non-hydrogen) atoms. The number of carbonyl (C=O) groups is 2. The summed E-state index contributed by atoms with van der Waals surface area (Å²) in [5, 5.41) is 11.8. The highest BCUT2D eigenvalue weighted by atomic mass is 16.5. The number of methoxy groups -OCH3 is 1. The smallest absolute Gasteiger partial charge is 0.326 e. The minimum Gasteiger partial charge on any atom is -0.480 e. The van der Waals surface area contributed by atoms with Crippen molar-refractivity contribution in [2.75, 3.05) is 26.8 Å². The van der Waals surface area contributed by atoms with Crippen molar-refractivity contribution in [2.45, 2.75) is 25.8 Å². The van der Waals surface area contributed by atoms with Crippen LogP contribution in [0.4, 0.5) is 4.79 Å². The number of piperidine rings is 1. The van der Waals surface area contributed by atoms with Gasteiger partial charge in [0, 0.05) is 20.2 Å². The number of carbonyl (C=O) groups excluding carboxylic acids is 1. The van der Waals surface area contributed by atoms with Gasteiger partial charge in [0.2, 0.25) is 0 Å². The van der Waals surface area contributed by atoms with Crippen molar-refractivity contribution in [2.24, 2.45) is 5.92 Å². The number of carboxylic acid groups (broad SMARTS) is 1. The second kappa shape index (κ2) is 6.44. The third-order valence-electron chi connectivity index (χ3n) is 2.99. The summed E-state index contributed by atoms with van der Waals surface area (Å²) in [6, 6.07) is -1.03. The first kappa shape index (κ1) is 13.8. The molecule has 0 aromatic heterocycles. The number of nitrogens with zero attached hydrogens (tertiary/aromatic N) is 1. The van der Waals surface area contributed by atoms with E-state index in [4.69, 9.17) is 9.84 Å². The highest BCUT2D eigenvalue weighted by Crippen LogP contribution is 2.22. The maximum Gasteiger partial charge on any atom is 0.326 e. The molecular formula is C11H20N2O4. The van der Waals surface area contributed by atoms with Gasteiger partial charge in [0.1, 0.15) is 6.04 Å². The van der Waals surface area contributed by atoms with E-state index >= 15 is 0 Å². The van der Waals surface area contributed by atoms with Gasteiger partial charge in [0.15, 0.2) is 0 Å². The van der Waals surface area contributed by atoms with Crippen LogP contribution in [-0.2, 0) is 9.53 Å². The fraction of sp³-hybridized carbons (Fsp3) is 0.818. The predicted octanol–water partition coefficient (Wildman–Crippen LogP) is 0.527. The third-order valence-corrected chi connectivity index (χ3v) is 2.99. The van der Waals surface area contributed by atoms with Gasteiger partial charge < -0.3 is 20.1 Å². The lowest BCUT2D eigenvalue weighted by atomic mass is 9.93. The van der Waals surface area contributed by atoms with Crippen LogP contribution in [0.15, 0.2) is 0 Å². The Labute approximate surface area is 101 Å². The van der Waals surface area contributed by atoms with Crippen LogP contribution in [0.3, 0.4) is 0 Å². The Bertz CT molecular complexity index is 283. The van der Waals surface area contributed by atoms with Gasteiger partial charge >= 0.3 is 12.0 Å². The van der Waals surface area contributed by atoms with Crippen LogP contribution in [-0.4, -0.2) is 54.9 Å². The van der Waals surface area contributed by atoms with Crippen molar-refractivity contribution in [1.29, 1.82) is 0 Å². The van der Waals surface area contributed by atoms with Gasteiger partial charge in [-0.05, 0) is 18.8 Å². The highest BCUT2D eigenvalue weighted by Gasteiger charge is 2.34. The maximum absolute atomic E-state index is 11.8. The molecule has 0 saturated carbocycles. The quantitative estimate of drug-likeness (QED) is 0.707. The second-order valence-corrected chi connectivity index (χ2v) is 4.40. The first-order chi connectivity index (χ1) is 8.06. The minimum absolute atomic E-state index is 0.318. The molecule has 6 heteroatoms. The SMILES string of the molecule is COCCNC(=O)N1CCC(C)CC1C(=O)O. The van der Waals surface area contributed by atoms with Crippen LogP contribution in [0.1, 0.15) is 19.8 Å². The molecule has 98 valence electrons.